The molecule has 3 heterocycles. The van der Waals surface area contributed by atoms with Gasteiger partial charge in [0.25, 0.3) is 0 Å². The Labute approximate surface area is 227 Å². The largest absolute Gasteiger partial charge is 0.462 e. The highest BCUT2D eigenvalue weighted by atomic mass is 32.2. The third kappa shape index (κ3) is 3.27. The molecule has 0 radical (unpaired) electrons. The lowest BCUT2D eigenvalue weighted by Crippen LogP contribution is -2.42. The molecule has 38 heavy (non-hydrogen) atoms. The van der Waals surface area contributed by atoms with Gasteiger partial charge in [-0.1, -0.05) is 35.6 Å². The van der Waals surface area contributed by atoms with Crippen LogP contribution in [-0.2, 0) is 14.3 Å². The monoisotopic (exact) mass is 546 g/mol. The van der Waals surface area contributed by atoms with Gasteiger partial charge >= 0.3 is 10.8 Å². The van der Waals surface area contributed by atoms with Crippen molar-refractivity contribution in [3.8, 4) is 0 Å². The molecule has 2 aliphatic carbocycles. The van der Waals surface area contributed by atoms with Crippen LogP contribution in [0.25, 0.3) is 0 Å². The maximum atomic E-state index is 13.9. The van der Waals surface area contributed by atoms with E-state index in [1.807, 2.05) is 12.1 Å². The Hall–Kier alpha value is -3.17. The first-order valence-corrected chi connectivity index (χ1v) is 14.7. The van der Waals surface area contributed by atoms with Crippen molar-refractivity contribution in [2.75, 3.05) is 11.5 Å². The number of nitrogens with zero attached hydrogens (tertiary/aromatic N) is 1. The van der Waals surface area contributed by atoms with E-state index in [9.17, 15) is 19.2 Å². The first kappa shape index (κ1) is 23.9. The van der Waals surface area contributed by atoms with Crippen LogP contribution in [0.3, 0.4) is 0 Å². The molecule has 194 valence electrons. The number of amides is 2. The molecule has 1 aromatic heterocycles. The third-order valence-corrected chi connectivity index (χ3v) is 11.5. The highest BCUT2D eigenvalue weighted by molar-refractivity contribution is 8.00. The Bertz CT molecular complexity index is 1540. The Morgan fingerprint density at radius 1 is 1.03 bits per heavy atom. The zero-order valence-corrected chi connectivity index (χ0v) is 22.5. The Morgan fingerprint density at radius 2 is 1.74 bits per heavy atom. The molecule has 2 aliphatic heterocycles. The standard InChI is InChI=1S/C29H26N2O5S2/c1-3-36-28(34)14-8-10-15(11-9-14)31-26(32)21-17-12-18(22(21)27(31)33)23-20(17)19(16-7-5-4-6-13(16)2)24-25(37-23)30-29(35)38-24/h4-11,17-23H,3,12H2,1-2H3,(H,30,35)/t17-,18-,19-,20+,21+,22-,23-/m1/s1. The Morgan fingerprint density at radius 3 is 2.45 bits per heavy atom. The number of benzene rings is 2. The zero-order valence-electron chi connectivity index (χ0n) is 20.9. The first-order valence-electron chi connectivity index (χ1n) is 13.0. The van der Waals surface area contributed by atoms with Crippen LogP contribution in [0.2, 0.25) is 0 Å². The maximum Gasteiger partial charge on any atom is 0.338 e. The van der Waals surface area contributed by atoms with Gasteiger partial charge < -0.3 is 9.72 Å². The number of rotatable bonds is 4. The van der Waals surface area contributed by atoms with E-state index in [1.165, 1.54) is 27.4 Å². The van der Waals surface area contributed by atoms with E-state index in [1.54, 1.807) is 43.0 Å². The van der Waals surface area contributed by atoms with Gasteiger partial charge in [0.05, 0.1) is 34.7 Å². The highest BCUT2D eigenvalue weighted by Gasteiger charge is 2.69. The van der Waals surface area contributed by atoms with Gasteiger partial charge in [-0.15, -0.1) is 11.8 Å². The molecule has 3 fully saturated rings. The second-order valence-corrected chi connectivity index (χ2v) is 12.8. The van der Waals surface area contributed by atoms with E-state index in [0.717, 1.165) is 16.3 Å². The number of hydrogen-bond acceptors (Lipinski definition) is 7. The number of thioether (sulfide) groups is 1. The highest BCUT2D eigenvalue weighted by Crippen LogP contribution is 2.68. The van der Waals surface area contributed by atoms with E-state index in [0.29, 0.717) is 11.3 Å². The van der Waals surface area contributed by atoms with Gasteiger partial charge in [0.2, 0.25) is 11.8 Å². The minimum Gasteiger partial charge on any atom is -0.462 e. The number of aromatic nitrogens is 1. The third-order valence-electron chi connectivity index (χ3n) is 8.88. The topological polar surface area (TPSA) is 96.5 Å². The van der Waals surface area contributed by atoms with Crippen molar-refractivity contribution >= 4 is 46.6 Å². The lowest BCUT2D eigenvalue weighted by molar-refractivity contribution is -0.123. The van der Waals surface area contributed by atoms with Crippen LogP contribution in [0, 0.1) is 36.5 Å². The van der Waals surface area contributed by atoms with E-state index >= 15 is 0 Å². The molecule has 0 unspecified atom stereocenters. The molecule has 0 spiro atoms. The number of fused-ring (bicyclic) bond motifs is 9. The van der Waals surface area contributed by atoms with Gasteiger partial charge in [-0.25, -0.2) is 4.79 Å². The van der Waals surface area contributed by atoms with Gasteiger partial charge in [0, 0.05) is 16.0 Å². The molecule has 1 N–H and O–H groups in total. The molecular formula is C29H26N2O5S2. The molecule has 7 nitrogen and oxygen atoms in total. The first-order chi connectivity index (χ1) is 18.4. The summed E-state index contributed by atoms with van der Waals surface area (Å²) in [6.45, 7) is 4.13. The SMILES string of the molecule is CCOC(=O)c1ccc(N2C(=O)[C@@H]3[C@H]4C[C@@H]([C@@H]3C2=O)[C@H]2[C@@H](c3ccccc3C)c3sc(=O)[nH]c3S[C@H]42)cc1. The van der Waals surface area contributed by atoms with Crippen molar-refractivity contribution in [2.45, 2.75) is 36.5 Å². The van der Waals surface area contributed by atoms with Crippen LogP contribution in [0.15, 0.2) is 58.4 Å². The van der Waals surface area contributed by atoms with Gasteiger partial charge in [-0.2, -0.15) is 0 Å². The lowest BCUT2D eigenvalue weighted by Gasteiger charge is -2.43. The summed E-state index contributed by atoms with van der Waals surface area (Å²) >= 11 is 2.97. The molecule has 1 saturated heterocycles. The van der Waals surface area contributed by atoms with Crippen molar-refractivity contribution in [3.63, 3.8) is 0 Å². The number of aryl methyl sites for hydroxylation is 1. The molecule has 3 aromatic rings. The number of ether oxygens (including phenoxy) is 1. The van der Waals surface area contributed by atoms with E-state index in [2.05, 4.69) is 24.0 Å². The molecule has 4 aliphatic rings. The number of H-pyrrole nitrogens is 1. The number of aromatic amines is 1. The summed E-state index contributed by atoms with van der Waals surface area (Å²) in [6.07, 6.45) is 0.854. The lowest BCUT2D eigenvalue weighted by atomic mass is 9.67. The average Bonchev–Trinajstić information content (AvgIpc) is 3.64. The minimum absolute atomic E-state index is 0.0261. The zero-order chi connectivity index (χ0) is 26.3. The van der Waals surface area contributed by atoms with Crippen molar-refractivity contribution in [1.29, 1.82) is 0 Å². The predicted molar refractivity (Wildman–Crippen MR) is 145 cm³/mol. The molecule has 2 aromatic carbocycles. The smallest absolute Gasteiger partial charge is 0.338 e. The van der Waals surface area contributed by atoms with Crippen molar-refractivity contribution in [3.05, 3.63) is 79.8 Å². The fourth-order valence-electron chi connectivity index (χ4n) is 7.52. The molecule has 9 heteroatoms. The van der Waals surface area contributed by atoms with E-state index in [4.69, 9.17) is 4.74 Å². The van der Waals surface area contributed by atoms with Crippen LogP contribution < -0.4 is 9.77 Å². The second-order valence-electron chi connectivity index (χ2n) is 10.6. The average molecular weight is 547 g/mol. The van der Waals surface area contributed by atoms with Crippen molar-refractivity contribution in [1.82, 2.24) is 4.98 Å². The van der Waals surface area contributed by atoms with Crippen molar-refractivity contribution < 1.29 is 19.1 Å². The normalized spacial score (nSPS) is 30.8. The molecule has 2 amide bonds. The summed E-state index contributed by atoms with van der Waals surface area (Å²) in [6, 6.07) is 14.8. The fraction of sp³-hybridized carbons (Fsp3) is 0.379. The summed E-state index contributed by atoms with van der Waals surface area (Å²) in [4.78, 5) is 57.6. The molecule has 7 atom stereocenters. The van der Waals surface area contributed by atoms with Gasteiger partial charge in [0.1, 0.15) is 0 Å². The van der Waals surface area contributed by atoms with Gasteiger partial charge in [-0.3, -0.25) is 19.3 Å². The van der Waals surface area contributed by atoms with Crippen LogP contribution >= 0.6 is 23.1 Å². The van der Waals surface area contributed by atoms with E-state index in [-0.39, 0.29) is 64.1 Å². The van der Waals surface area contributed by atoms with Crippen LogP contribution in [0.5, 0.6) is 0 Å². The minimum atomic E-state index is -0.429. The molecule has 2 saturated carbocycles. The van der Waals surface area contributed by atoms with Crippen LogP contribution in [0.4, 0.5) is 5.69 Å². The van der Waals surface area contributed by atoms with Crippen molar-refractivity contribution in [2.24, 2.45) is 29.6 Å². The number of esters is 1. The fourth-order valence-corrected chi connectivity index (χ4v) is 10.4. The number of carbonyl (C=O) groups excluding carboxylic acids is 3. The molecule has 7 rings (SSSR count). The number of nitrogens with one attached hydrogen (secondary N) is 1. The maximum absolute atomic E-state index is 13.9. The number of hydrogen-bond donors (Lipinski definition) is 1. The summed E-state index contributed by atoms with van der Waals surface area (Å²) in [5, 5.41) is 1.08. The number of imide groups is 1. The number of carbonyl (C=O) groups is 3. The summed E-state index contributed by atoms with van der Waals surface area (Å²) in [5.74, 6) is -1.09. The predicted octanol–water partition coefficient (Wildman–Crippen LogP) is 4.60. The molecule has 2 bridgehead atoms. The number of thiazole rings is 1. The van der Waals surface area contributed by atoms with Crippen LogP contribution in [0.1, 0.15) is 45.6 Å². The number of anilines is 1. The Kier molecular flexibility index (Phi) is 5.46. The van der Waals surface area contributed by atoms with Gasteiger partial charge in [0.15, 0.2) is 0 Å². The van der Waals surface area contributed by atoms with E-state index < -0.39 is 5.97 Å². The quantitative estimate of drug-likeness (QED) is 0.380. The molecular weight excluding hydrogens is 520 g/mol. The summed E-state index contributed by atoms with van der Waals surface area (Å²) in [5.41, 5.74) is 3.26. The van der Waals surface area contributed by atoms with Gasteiger partial charge in [-0.05, 0) is 73.4 Å². The second kappa shape index (κ2) is 8.68. The van der Waals surface area contributed by atoms with Crippen LogP contribution in [-0.4, -0.2) is 34.6 Å². The summed E-state index contributed by atoms with van der Waals surface area (Å²) < 4.78 is 5.06. The summed E-state index contributed by atoms with van der Waals surface area (Å²) in [7, 11) is 0. The Balaban J connectivity index is 1.26.